The van der Waals surface area contributed by atoms with Gasteiger partial charge in [0, 0.05) is 21.6 Å². The van der Waals surface area contributed by atoms with Crippen LogP contribution in [0.3, 0.4) is 0 Å². The zero-order chi connectivity index (χ0) is 14.0. The van der Waals surface area contributed by atoms with Gasteiger partial charge in [-0.3, -0.25) is 4.98 Å². The molecule has 100 valence electrons. The maximum atomic E-state index is 11.4. The third-order valence-electron chi connectivity index (χ3n) is 2.70. The van der Waals surface area contributed by atoms with Crippen molar-refractivity contribution in [1.29, 1.82) is 0 Å². The first kappa shape index (κ1) is 13.8. The Morgan fingerprint density at radius 2 is 2.11 bits per heavy atom. The van der Waals surface area contributed by atoms with Gasteiger partial charge in [0.25, 0.3) is 0 Å². The highest BCUT2D eigenvalue weighted by Gasteiger charge is 2.16. The van der Waals surface area contributed by atoms with E-state index in [0.29, 0.717) is 5.75 Å². The van der Waals surface area contributed by atoms with Crippen molar-refractivity contribution in [2.45, 2.75) is 20.0 Å². The Hall–Kier alpha value is -1.62. The van der Waals surface area contributed by atoms with Crippen LogP contribution in [0.25, 0.3) is 10.9 Å². The SMILES string of the molecule is COC(=O)C(C)Oc1cc(C)nc2ccc(Br)cc12. The highest BCUT2D eigenvalue weighted by Crippen LogP contribution is 2.29. The molecule has 0 N–H and O–H groups in total. The van der Waals surface area contributed by atoms with Crippen molar-refractivity contribution < 1.29 is 14.3 Å². The number of esters is 1. The molecule has 19 heavy (non-hydrogen) atoms. The number of hydrogen-bond acceptors (Lipinski definition) is 4. The Kier molecular flexibility index (Phi) is 4.04. The van der Waals surface area contributed by atoms with Gasteiger partial charge in [-0.05, 0) is 32.0 Å². The van der Waals surface area contributed by atoms with Crippen LogP contribution in [0, 0.1) is 6.92 Å². The number of ether oxygens (including phenoxy) is 2. The molecule has 0 saturated carbocycles. The van der Waals surface area contributed by atoms with Crippen molar-refractivity contribution >= 4 is 32.8 Å². The fourth-order valence-electron chi connectivity index (χ4n) is 1.79. The molecule has 4 nitrogen and oxygen atoms in total. The summed E-state index contributed by atoms with van der Waals surface area (Å²) < 4.78 is 11.3. The van der Waals surface area contributed by atoms with Crippen LogP contribution in [-0.4, -0.2) is 24.2 Å². The number of fused-ring (bicyclic) bond motifs is 1. The average Bonchev–Trinajstić information content (AvgIpc) is 2.38. The summed E-state index contributed by atoms with van der Waals surface area (Å²) in [5.74, 6) is 0.222. The molecule has 5 heteroatoms. The lowest BCUT2D eigenvalue weighted by atomic mass is 10.2. The normalized spacial score (nSPS) is 12.2. The summed E-state index contributed by atoms with van der Waals surface area (Å²) in [4.78, 5) is 15.9. The molecule has 1 unspecified atom stereocenters. The predicted octanol–water partition coefficient (Wildman–Crippen LogP) is 3.25. The molecule has 1 atom stereocenters. The lowest BCUT2D eigenvalue weighted by Gasteiger charge is -2.15. The molecule has 0 bridgehead atoms. The first-order valence-electron chi connectivity index (χ1n) is 5.82. The molecule has 0 amide bonds. The topological polar surface area (TPSA) is 48.4 Å². The van der Waals surface area contributed by atoms with Crippen LogP contribution in [0.5, 0.6) is 5.75 Å². The molecule has 0 aliphatic carbocycles. The maximum absolute atomic E-state index is 11.4. The Bertz CT molecular complexity index is 627. The molecular formula is C14H14BrNO3. The number of hydrogen-bond donors (Lipinski definition) is 0. The number of carbonyl (C=O) groups is 1. The second kappa shape index (κ2) is 5.57. The van der Waals surface area contributed by atoms with Crippen LogP contribution in [0.15, 0.2) is 28.7 Å². The third kappa shape index (κ3) is 3.04. The zero-order valence-corrected chi connectivity index (χ0v) is 12.5. The van der Waals surface area contributed by atoms with E-state index in [-0.39, 0.29) is 0 Å². The van der Waals surface area contributed by atoms with E-state index in [1.54, 1.807) is 6.92 Å². The fraction of sp³-hybridized carbons (Fsp3) is 0.286. The maximum Gasteiger partial charge on any atom is 0.346 e. The molecule has 1 heterocycles. The molecule has 0 radical (unpaired) electrons. The van der Waals surface area contributed by atoms with E-state index in [4.69, 9.17) is 4.74 Å². The van der Waals surface area contributed by atoms with Gasteiger partial charge in [-0.2, -0.15) is 0 Å². The fourth-order valence-corrected chi connectivity index (χ4v) is 2.16. The number of benzene rings is 1. The minimum Gasteiger partial charge on any atom is -0.478 e. The van der Waals surface area contributed by atoms with Crippen molar-refractivity contribution in [3.8, 4) is 5.75 Å². The van der Waals surface area contributed by atoms with Gasteiger partial charge in [0.15, 0.2) is 6.10 Å². The minimum absolute atomic E-state index is 0.405. The van der Waals surface area contributed by atoms with Gasteiger partial charge in [0.05, 0.1) is 12.6 Å². The first-order chi connectivity index (χ1) is 9.01. The van der Waals surface area contributed by atoms with Crippen LogP contribution in [-0.2, 0) is 9.53 Å². The van der Waals surface area contributed by atoms with E-state index in [1.807, 2.05) is 31.2 Å². The average molecular weight is 324 g/mol. The molecule has 0 fully saturated rings. The number of methoxy groups -OCH3 is 1. The van der Waals surface area contributed by atoms with Crippen molar-refractivity contribution in [3.63, 3.8) is 0 Å². The van der Waals surface area contributed by atoms with Gasteiger partial charge in [0.2, 0.25) is 0 Å². The van der Waals surface area contributed by atoms with Crippen molar-refractivity contribution in [3.05, 3.63) is 34.4 Å². The number of halogens is 1. The molecule has 0 saturated heterocycles. The summed E-state index contributed by atoms with van der Waals surface area (Å²) in [6.45, 7) is 3.54. The zero-order valence-electron chi connectivity index (χ0n) is 10.9. The summed E-state index contributed by atoms with van der Waals surface area (Å²) in [6, 6.07) is 7.56. The summed E-state index contributed by atoms with van der Waals surface area (Å²) in [5, 5.41) is 0.857. The lowest BCUT2D eigenvalue weighted by Crippen LogP contribution is -2.25. The van der Waals surface area contributed by atoms with Crippen molar-refractivity contribution in [1.82, 2.24) is 4.98 Å². The highest BCUT2D eigenvalue weighted by atomic mass is 79.9. The third-order valence-corrected chi connectivity index (χ3v) is 3.19. The molecule has 0 aliphatic rings. The second-order valence-corrected chi connectivity index (χ2v) is 5.12. The van der Waals surface area contributed by atoms with Crippen LogP contribution in [0.4, 0.5) is 0 Å². The van der Waals surface area contributed by atoms with E-state index in [1.165, 1.54) is 7.11 Å². The summed E-state index contributed by atoms with van der Waals surface area (Å²) in [5.41, 5.74) is 1.66. The van der Waals surface area contributed by atoms with Crippen molar-refractivity contribution in [2.75, 3.05) is 7.11 Å². The number of carbonyl (C=O) groups excluding carboxylic acids is 1. The first-order valence-corrected chi connectivity index (χ1v) is 6.62. The predicted molar refractivity (Wildman–Crippen MR) is 76.3 cm³/mol. The van der Waals surface area contributed by atoms with E-state index in [0.717, 1.165) is 21.1 Å². The van der Waals surface area contributed by atoms with E-state index in [2.05, 4.69) is 25.7 Å². The van der Waals surface area contributed by atoms with E-state index >= 15 is 0 Å². The van der Waals surface area contributed by atoms with Gasteiger partial charge < -0.3 is 9.47 Å². The Balaban J connectivity index is 2.46. The number of aryl methyl sites for hydroxylation is 1. The molecular weight excluding hydrogens is 310 g/mol. The number of rotatable bonds is 3. The molecule has 0 spiro atoms. The number of aromatic nitrogens is 1. The standard InChI is InChI=1S/C14H14BrNO3/c1-8-6-13(19-9(2)14(17)18-3)11-7-10(15)4-5-12(11)16-8/h4-7,9H,1-3H3. The highest BCUT2D eigenvalue weighted by molar-refractivity contribution is 9.10. The Morgan fingerprint density at radius 1 is 1.37 bits per heavy atom. The van der Waals surface area contributed by atoms with Gasteiger partial charge in [0.1, 0.15) is 5.75 Å². The molecule has 1 aromatic carbocycles. The van der Waals surface area contributed by atoms with Crippen LogP contribution < -0.4 is 4.74 Å². The van der Waals surface area contributed by atoms with Gasteiger partial charge in [-0.15, -0.1) is 0 Å². The second-order valence-electron chi connectivity index (χ2n) is 4.21. The largest absolute Gasteiger partial charge is 0.478 e. The minimum atomic E-state index is -0.658. The van der Waals surface area contributed by atoms with Crippen molar-refractivity contribution in [2.24, 2.45) is 0 Å². The quantitative estimate of drug-likeness (QED) is 0.813. The van der Waals surface area contributed by atoms with E-state index in [9.17, 15) is 4.79 Å². The van der Waals surface area contributed by atoms with Gasteiger partial charge >= 0.3 is 5.97 Å². The van der Waals surface area contributed by atoms with Crippen LogP contribution in [0.2, 0.25) is 0 Å². The monoisotopic (exact) mass is 323 g/mol. The summed E-state index contributed by atoms with van der Waals surface area (Å²) >= 11 is 3.42. The molecule has 2 aromatic rings. The van der Waals surface area contributed by atoms with E-state index < -0.39 is 12.1 Å². The number of nitrogens with zero attached hydrogens (tertiary/aromatic N) is 1. The smallest absolute Gasteiger partial charge is 0.346 e. The van der Waals surface area contributed by atoms with Gasteiger partial charge in [-0.25, -0.2) is 4.79 Å². The van der Waals surface area contributed by atoms with Gasteiger partial charge in [-0.1, -0.05) is 15.9 Å². The molecule has 1 aromatic heterocycles. The molecule has 0 aliphatic heterocycles. The summed E-state index contributed by atoms with van der Waals surface area (Å²) in [6.07, 6.45) is -0.658. The Morgan fingerprint density at radius 3 is 2.79 bits per heavy atom. The lowest BCUT2D eigenvalue weighted by molar-refractivity contribution is -0.147. The number of pyridine rings is 1. The van der Waals surface area contributed by atoms with Crippen LogP contribution >= 0.6 is 15.9 Å². The Labute approximate surface area is 119 Å². The summed E-state index contributed by atoms with van der Waals surface area (Å²) in [7, 11) is 1.34. The molecule has 2 rings (SSSR count). The van der Waals surface area contributed by atoms with Crippen LogP contribution in [0.1, 0.15) is 12.6 Å².